The van der Waals surface area contributed by atoms with Crippen molar-refractivity contribution in [3.05, 3.63) is 101 Å². The van der Waals surface area contributed by atoms with E-state index < -0.39 is 11.7 Å². The first-order valence-corrected chi connectivity index (χ1v) is 13.8. The van der Waals surface area contributed by atoms with E-state index in [1.807, 2.05) is 36.1 Å². The fraction of sp³-hybridized carbons (Fsp3) is 0.344. The minimum Gasteiger partial charge on any atom is -0.339 e. The molecule has 2 heterocycles. The zero-order chi connectivity index (χ0) is 28.0. The monoisotopic (exact) mass is 544 g/mol. The van der Waals surface area contributed by atoms with Crippen LogP contribution in [0.4, 0.5) is 13.2 Å². The minimum atomic E-state index is -2.55. The van der Waals surface area contributed by atoms with Gasteiger partial charge in [0.15, 0.2) is 0 Å². The Morgan fingerprint density at radius 2 is 1.75 bits per heavy atom. The van der Waals surface area contributed by atoms with Crippen LogP contribution in [0.5, 0.6) is 0 Å². The molecule has 5 nitrogen and oxygen atoms in total. The molecule has 1 N–H and O–H groups in total. The number of hydrogen-bond acceptors (Lipinski definition) is 3. The van der Waals surface area contributed by atoms with Gasteiger partial charge in [0.05, 0.1) is 16.7 Å². The molecule has 2 fully saturated rings. The van der Waals surface area contributed by atoms with E-state index in [1.165, 1.54) is 12.1 Å². The molecule has 1 saturated carbocycles. The molecule has 40 heavy (non-hydrogen) atoms. The van der Waals surface area contributed by atoms with Crippen molar-refractivity contribution in [3.63, 3.8) is 0 Å². The lowest BCUT2D eigenvalue weighted by Crippen LogP contribution is -2.39. The topological polar surface area (TPSA) is 62.0 Å². The maximum Gasteiger partial charge on any atom is 0.253 e. The van der Waals surface area contributed by atoms with Crippen molar-refractivity contribution < 1.29 is 18.0 Å². The molecule has 0 bridgehead atoms. The van der Waals surface area contributed by atoms with Gasteiger partial charge in [-0.15, -0.1) is 0 Å². The van der Waals surface area contributed by atoms with Gasteiger partial charge in [0, 0.05) is 55.1 Å². The van der Waals surface area contributed by atoms with Gasteiger partial charge in [0.1, 0.15) is 11.6 Å². The SMILES string of the molecule is Cc1cc(C(=O)N2CCC(c3nc4ccccc4n3CC3CC(F)(F)C3)CC2)ccc1C(=N)c1cccc(F)c1. The Balaban J connectivity index is 1.15. The lowest BCUT2D eigenvalue weighted by Gasteiger charge is -2.36. The lowest BCUT2D eigenvalue weighted by molar-refractivity contribution is -0.114. The quantitative estimate of drug-likeness (QED) is 0.267. The molecule has 1 aromatic heterocycles. The van der Waals surface area contributed by atoms with Crippen LogP contribution in [0.15, 0.2) is 66.7 Å². The second kappa shape index (κ2) is 10.2. The maximum atomic E-state index is 13.7. The molecule has 0 unspecified atom stereocenters. The average molecular weight is 545 g/mol. The van der Waals surface area contributed by atoms with Crippen LogP contribution in [0.1, 0.15) is 64.5 Å². The summed E-state index contributed by atoms with van der Waals surface area (Å²) in [6.45, 7) is 3.55. The van der Waals surface area contributed by atoms with Gasteiger partial charge in [-0.05, 0) is 67.6 Å². The predicted octanol–water partition coefficient (Wildman–Crippen LogP) is 6.97. The van der Waals surface area contributed by atoms with E-state index in [2.05, 4.69) is 4.57 Å². The lowest BCUT2D eigenvalue weighted by atomic mass is 9.81. The summed E-state index contributed by atoms with van der Waals surface area (Å²) < 4.78 is 42.9. The summed E-state index contributed by atoms with van der Waals surface area (Å²) in [4.78, 5) is 20.1. The highest BCUT2D eigenvalue weighted by Crippen LogP contribution is 2.44. The zero-order valence-corrected chi connectivity index (χ0v) is 22.3. The number of aryl methyl sites for hydroxylation is 1. The molecule has 0 atom stereocenters. The molecule has 0 spiro atoms. The predicted molar refractivity (Wildman–Crippen MR) is 149 cm³/mol. The van der Waals surface area contributed by atoms with Crippen molar-refractivity contribution in [2.45, 2.75) is 51.0 Å². The molecule has 1 amide bonds. The van der Waals surface area contributed by atoms with Crippen molar-refractivity contribution in [1.82, 2.24) is 14.5 Å². The van der Waals surface area contributed by atoms with Crippen molar-refractivity contribution in [3.8, 4) is 0 Å². The molecular weight excluding hydrogens is 513 g/mol. The van der Waals surface area contributed by atoms with E-state index in [9.17, 15) is 18.0 Å². The standard InChI is InChI=1S/C32H31F3N4O/c1-20-15-24(9-10-26(20)29(36)23-5-4-6-25(33)16-23)31(40)38-13-11-22(12-14-38)30-37-27-7-2-3-8-28(27)39(30)19-21-17-32(34,35)18-21/h2-10,15-16,21-22,36H,11-14,17-19H2,1H3. The van der Waals surface area contributed by atoms with Crippen molar-refractivity contribution >= 4 is 22.7 Å². The largest absolute Gasteiger partial charge is 0.339 e. The van der Waals surface area contributed by atoms with Gasteiger partial charge in [-0.2, -0.15) is 0 Å². The smallest absolute Gasteiger partial charge is 0.253 e. The third-order valence-corrected chi connectivity index (χ3v) is 8.30. The number of para-hydroxylation sites is 2. The number of piperidine rings is 1. The molecule has 206 valence electrons. The first kappa shape index (κ1) is 26.3. The molecule has 6 rings (SSSR count). The molecule has 1 saturated heterocycles. The summed E-state index contributed by atoms with van der Waals surface area (Å²) in [5.41, 5.74) is 4.55. The summed E-state index contributed by atoms with van der Waals surface area (Å²) in [6.07, 6.45) is 1.34. The van der Waals surface area contributed by atoms with Crippen LogP contribution in [0, 0.1) is 24.1 Å². The van der Waals surface area contributed by atoms with Crippen LogP contribution in [0.3, 0.4) is 0 Å². The first-order chi connectivity index (χ1) is 19.2. The van der Waals surface area contributed by atoms with Crippen LogP contribution in [-0.4, -0.2) is 45.1 Å². The van der Waals surface area contributed by atoms with E-state index in [1.54, 1.807) is 30.3 Å². The number of benzene rings is 3. The zero-order valence-electron chi connectivity index (χ0n) is 22.3. The van der Waals surface area contributed by atoms with Crippen molar-refractivity contribution in [2.24, 2.45) is 5.92 Å². The summed E-state index contributed by atoms with van der Waals surface area (Å²) in [5.74, 6) is -1.98. The average Bonchev–Trinajstić information content (AvgIpc) is 3.29. The van der Waals surface area contributed by atoms with E-state index in [0.29, 0.717) is 36.3 Å². The number of rotatable bonds is 6. The normalized spacial score (nSPS) is 17.6. The summed E-state index contributed by atoms with van der Waals surface area (Å²) in [5, 5.41) is 8.51. The van der Waals surface area contributed by atoms with Gasteiger partial charge in [0.2, 0.25) is 5.92 Å². The maximum absolute atomic E-state index is 13.7. The van der Waals surface area contributed by atoms with E-state index >= 15 is 0 Å². The van der Waals surface area contributed by atoms with Gasteiger partial charge < -0.3 is 9.47 Å². The van der Waals surface area contributed by atoms with Crippen LogP contribution < -0.4 is 0 Å². The van der Waals surface area contributed by atoms with Crippen molar-refractivity contribution in [2.75, 3.05) is 13.1 Å². The Morgan fingerprint density at radius 3 is 2.45 bits per heavy atom. The number of nitrogens with zero attached hydrogens (tertiary/aromatic N) is 3. The van der Waals surface area contributed by atoms with Crippen LogP contribution in [-0.2, 0) is 6.54 Å². The molecule has 1 aliphatic heterocycles. The number of halogens is 3. The molecule has 8 heteroatoms. The summed E-state index contributed by atoms with van der Waals surface area (Å²) in [7, 11) is 0. The Morgan fingerprint density at radius 1 is 1.00 bits per heavy atom. The molecule has 3 aromatic carbocycles. The number of aromatic nitrogens is 2. The molecule has 2 aliphatic rings. The number of carbonyl (C=O) groups excluding carboxylic acids is 1. The summed E-state index contributed by atoms with van der Waals surface area (Å²) >= 11 is 0. The minimum absolute atomic E-state index is 0.0540. The number of carbonyl (C=O) groups is 1. The second-order valence-corrected chi connectivity index (χ2v) is 11.2. The Labute approximate surface area is 231 Å². The molecule has 4 aromatic rings. The third kappa shape index (κ3) is 5.03. The molecule has 0 radical (unpaired) electrons. The fourth-order valence-corrected chi connectivity index (χ4v) is 6.17. The highest BCUT2D eigenvalue weighted by atomic mass is 19.3. The fourth-order valence-electron chi connectivity index (χ4n) is 6.17. The van der Waals surface area contributed by atoms with Gasteiger partial charge in [-0.25, -0.2) is 18.2 Å². The number of hydrogen-bond donors (Lipinski definition) is 1. The van der Waals surface area contributed by atoms with Crippen LogP contribution in [0.2, 0.25) is 0 Å². The number of alkyl halides is 2. The number of imidazole rings is 1. The Bertz CT molecular complexity index is 1600. The van der Waals surface area contributed by atoms with Gasteiger partial charge in [-0.1, -0.05) is 30.3 Å². The second-order valence-electron chi connectivity index (χ2n) is 11.2. The van der Waals surface area contributed by atoms with E-state index in [0.717, 1.165) is 35.3 Å². The molecule has 1 aliphatic carbocycles. The van der Waals surface area contributed by atoms with Gasteiger partial charge in [0.25, 0.3) is 5.91 Å². The Hall–Kier alpha value is -3.94. The summed E-state index contributed by atoms with van der Waals surface area (Å²) in [6, 6.07) is 19.1. The van der Waals surface area contributed by atoms with E-state index in [-0.39, 0.29) is 36.3 Å². The first-order valence-electron chi connectivity index (χ1n) is 13.8. The van der Waals surface area contributed by atoms with Crippen molar-refractivity contribution in [1.29, 1.82) is 5.41 Å². The van der Waals surface area contributed by atoms with Crippen LogP contribution >= 0.6 is 0 Å². The third-order valence-electron chi connectivity index (χ3n) is 8.30. The van der Waals surface area contributed by atoms with E-state index in [4.69, 9.17) is 10.4 Å². The number of likely N-dealkylation sites (tertiary alicyclic amines) is 1. The van der Waals surface area contributed by atoms with Crippen LogP contribution in [0.25, 0.3) is 11.0 Å². The number of fused-ring (bicyclic) bond motifs is 1. The number of amides is 1. The van der Waals surface area contributed by atoms with Gasteiger partial charge >= 0.3 is 0 Å². The number of nitrogens with one attached hydrogen (secondary N) is 1. The highest BCUT2D eigenvalue weighted by Gasteiger charge is 2.45. The van der Waals surface area contributed by atoms with Gasteiger partial charge in [-0.3, -0.25) is 10.2 Å². The highest BCUT2D eigenvalue weighted by molar-refractivity contribution is 6.12. The Kier molecular flexibility index (Phi) is 6.72. The molecular formula is C32H31F3N4O.